The summed E-state index contributed by atoms with van der Waals surface area (Å²) in [5, 5.41) is 39.5. The topological polar surface area (TPSA) is 532 Å². The number of imidazole rings is 1. The van der Waals surface area contributed by atoms with Gasteiger partial charge in [0.1, 0.15) is 76.2 Å². The lowest BCUT2D eigenvalue weighted by atomic mass is 10.2. The Morgan fingerprint density at radius 1 is 0.504 bits per heavy atom. The molecule has 0 aromatic carbocycles. The zero-order valence-corrected chi connectivity index (χ0v) is 68.8. The van der Waals surface area contributed by atoms with E-state index in [9.17, 15) is 10.2 Å². The minimum absolute atomic E-state index is 0.138. The standard InChI is InChI=1S/C15H28N5O.C13H24N5O2.C13H24N5O.C12H19N6O.C12H22N5O.C11H21N4O/c1-4-20(3,5-2)11-13-10-19(6-7-21-13)15-14(17)8-12(16)9-18-15;14-11-9-12(15)13(16-10-11)17-1-3-18(4-2-17,5-7-19)6-8-20;1-18(2,3)9-11-8-17(4-5-19-11)13-12(15)6-10(14)7-16-13;13-10-7-11(14)12(16-8-10)15-1-2-17-3-4-18(9-17)5-6-19;1-17(6-7-18)4-2-16(3-5-17)12-11(14)8-10(13)9-15-12;1-15(2,3)5-4-6-16-11-10(13)7-9(12)8-14-11/h8-9,13H,4-7,10-11,16-17H2,1-3H3;9-10,19-20H,1-8,14-15H2;6-7,11H,4-5,8-9,14-15H2,1-3H3;3-4,7-9,19H,1-2,5-6,13-14H2,(H,15,16);8-9,18H,2-7,13-14H2,1H3;7-8H,4-6,12-13H2,1-3H3/q6*+1. The van der Waals surface area contributed by atoms with Gasteiger partial charge in [0.2, 0.25) is 12.2 Å². The fraction of sp³-hybridized carbons (Fsp3) is 0.566. The van der Waals surface area contributed by atoms with Gasteiger partial charge in [-0.2, -0.15) is 0 Å². The molecule has 11 rings (SSSR count). The number of hydrogen-bond donors (Lipinski definition) is 17. The summed E-state index contributed by atoms with van der Waals surface area (Å²) >= 11 is 0. The number of rotatable bonds is 27. The van der Waals surface area contributed by atoms with E-state index in [-0.39, 0.29) is 38.6 Å². The van der Waals surface area contributed by atoms with E-state index in [0.29, 0.717) is 126 Å². The molecule has 0 saturated carbocycles. The summed E-state index contributed by atoms with van der Waals surface area (Å²) in [5.41, 5.74) is 76.3. The summed E-state index contributed by atoms with van der Waals surface area (Å²) in [6.45, 7) is 27.1. The van der Waals surface area contributed by atoms with Crippen molar-refractivity contribution in [3.05, 3.63) is 92.3 Å². The first-order valence-electron chi connectivity index (χ1n) is 38.8. The van der Waals surface area contributed by atoms with Crippen LogP contribution in [0.25, 0.3) is 0 Å². The Hall–Kier alpha value is -9.93. The number of aromatic nitrogens is 8. The van der Waals surface area contributed by atoms with Crippen molar-refractivity contribution in [3.63, 3.8) is 0 Å². The number of nitrogen functional groups attached to an aromatic ring is 12. The number of pyridine rings is 6. The lowest BCUT2D eigenvalue weighted by molar-refractivity contribution is -0.929. The van der Waals surface area contributed by atoms with E-state index in [2.05, 4.69) is 125 Å². The molecule has 0 amide bonds. The van der Waals surface area contributed by atoms with Crippen molar-refractivity contribution in [1.29, 1.82) is 0 Å². The predicted molar refractivity (Wildman–Crippen MR) is 457 cm³/mol. The van der Waals surface area contributed by atoms with Crippen LogP contribution in [0.5, 0.6) is 5.88 Å². The molecule has 2 atom stereocenters. The molecule has 4 aliphatic heterocycles. The fourth-order valence-electron chi connectivity index (χ4n) is 13.4. The number of quaternary nitrogens is 5. The number of piperazine rings is 2. The Balaban J connectivity index is 0.000000212. The smallest absolute Gasteiger partial charge is 0.243 e. The molecule has 0 spiro atoms. The van der Waals surface area contributed by atoms with Crippen LogP contribution in [0.1, 0.15) is 20.3 Å². The lowest BCUT2D eigenvalue weighted by Gasteiger charge is -2.44. The van der Waals surface area contributed by atoms with Crippen molar-refractivity contribution in [2.24, 2.45) is 0 Å². The van der Waals surface area contributed by atoms with Gasteiger partial charge in [-0.1, -0.05) is 0 Å². The SMILES string of the molecule is CC[N+](C)(CC)CC1CN(c2ncc(N)cc2N)CCO1.C[N+](C)(C)CC1CN(c2ncc(N)cc2N)CCO1.C[N+](C)(C)CCCOc1ncc(N)cc1N.C[N+]1(CCO)CCN(c2ncc(N)cc2N)CC1.Nc1cnc(N2CC[N+](CCO)(CCO)CC2)c(N)c1.Nc1cnc(NCCn2cc[n+](CCO)c2)c(N)c1. The van der Waals surface area contributed by atoms with Gasteiger partial charge in [0.15, 0.2) is 23.3 Å². The van der Waals surface area contributed by atoms with E-state index in [4.69, 9.17) is 93.2 Å². The Morgan fingerprint density at radius 3 is 1.33 bits per heavy atom. The molecule has 11 heterocycles. The van der Waals surface area contributed by atoms with Gasteiger partial charge in [-0.15, -0.1) is 0 Å². The van der Waals surface area contributed by atoms with E-state index < -0.39 is 0 Å². The molecule has 113 heavy (non-hydrogen) atoms. The summed E-state index contributed by atoms with van der Waals surface area (Å²) in [4.78, 5) is 34.2. The first-order chi connectivity index (χ1) is 53.5. The number of ether oxygens (including phenoxy) is 3. The maximum atomic E-state index is 9.21. The number of aliphatic hydroxyl groups excluding tert-OH is 4. The first kappa shape index (κ1) is 91.9. The Bertz CT molecular complexity index is 3950. The number of nitrogens with two attached hydrogens (primary N) is 12. The van der Waals surface area contributed by atoms with Crippen LogP contribution in [0.4, 0.5) is 97.3 Å². The molecule has 4 saturated heterocycles. The van der Waals surface area contributed by atoms with Crippen LogP contribution in [0.15, 0.2) is 92.3 Å². The molecular weight excluding hydrogens is 1450 g/mol. The van der Waals surface area contributed by atoms with Gasteiger partial charge in [-0.3, -0.25) is 0 Å². The second-order valence-corrected chi connectivity index (χ2v) is 31.8. The van der Waals surface area contributed by atoms with Crippen LogP contribution in [0, 0.1) is 0 Å². The van der Waals surface area contributed by atoms with Crippen LogP contribution in [0.2, 0.25) is 0 Å². The van der Waals surface area contributed by atoms with Crippen molar-refractivity contribution < 1.29 is 61.6 Å². The van der Waals surface area contributed by atoms with Gasteiger partial charge >= 0.3 is 0 Å². The van der Waals surface area contributed by atoms with E-state index in [1.807, 2.05) is 27.9 Å². The van der Waals surface area contributed by atoms with Gasteiger partial charge in [0, 0.05) is 19.5 Å². The number of hydrogen-bond acceptors (Lipinski definition) is 30. The van der Waals surface area contributed by atoms with Crippen LogP contribution in [-0.4, -0.2) is 330 Å². The van der Waals surface area contributed by atoms with Crippen molar-refractivity contribution >= 4 is 97.3 Å². The summed E-state index contributed by atoms with van der Waals surface area (Å²) in [6, 6.07) is 10.3. The van der Waals surface area contributed by atoms with E-state index in [1.54, 1.807) is 73.6 Å². The molecule has 29 N–H and O–H groups in total. The van der Waals surface area contributed by atoms with Crippen LogP contribution in [-0.2, 0) is 22.6 Å². The number of likely N-dealkylation sites (N-methyl/N-ethyl adjacent to an activating group) is 3. The second kappa shape index (κ2) is 43.9. The zero-order valence-electron chi connectivity index (χ0n) is 68.8. The molecule has 7 aromatic rings. The molecule has 37 heteroatoms. The van der Waals surface area contributed by atoms with E-state index >= 15 is 0 Å². The summed E-state index contributed by atoms with van der Waals surface area (Å²) in [7, 11) is 17.4. The number of morpholine rings is 2. The quantitative estimate of drug-likeness (QED) is 0.0177. The first-order valence-corrected chi connectivity index (χ1v) is 38.8. The highest BCUT2D eigenvalue weighted by Crippen LogP contribution is 2.30. The minimum Gasteiger partial charge on any atom is -0.476 e. The van der Waals surface area contributed by atoms with Crippen LogP contribution < -0.4 is 103 Å². The van der Waals surface area contributed by atoms with Crippen LogP contribution in [0.3, 0.4) is 0 Å². The van der Waals surface area contributed by atoms with Gasteiger partial charge < -0.3 is 151 Å². The molecule has 0 bridgehead atoms. The normalized spacial score (nSPS) is 16.8. The van der Waals surface area contributed by atoms with Crippen molar-refractivity contribution in [3.8, 4) is 5.88 Å². The molecule has 0 radical (unpaired) electrons. The lowest BCUT2D eigenvalue weighted by Crippen LogP contribution is -2.61. The van der Waals surface area contributed by atoms with Crippen LogP contribution >= 0.6 is 0 Å². The third-order valence-electron chi connectivity index (χ3n) is 20.2. The molecule has 628 valence electrons. The highest BCUT2D eigenvalue weighted by atomic mass is 16.5. The third kappa shape index (κ3) is 30.8. The Morgan fingerprint density at radius 2 is 0.920 bits per heavy atom. The maximum absolute atomic E-state index is 9.21. The molecular formula is C76H138N30O7+6. The highest BCUT2D eigenvalue weighted by molar-refractivity contribution is 5.70. The Kier molecular flexibility index (Phi) is 35.7. The molecule has 4 aliphatic rings. The molecule has 0 aliphatic carbocycles. The van der Waals surface area contributed by atoms with Crippen molar-refractivity contribution in [1.82, 2.24) is 34.5 Å². The van der Waals surface area contributed by atoms with Gasteiger partial charge in [0.25, 0.3) is 0 Å². The number of aliphatic hydroxyl groups is 4. The van der Waals surface area contributed by atoms with Gasteiger partial charge in [0.05, 0.1) is 300 Å². The van der Waals surface area contributed by atoms with Crippen molar-refractivity contribution in [2.75, 3.05) is 334 Å². The highest BCUT2D eigenvalue weighted by Gasteiger charge is 2.35. The maximum Gasteiger partial charge on any atom is 0.243 e. The second-order valence-electron chi connectivity index (χ2n) is 31.8. The summed E-state index contributed by atoms with van der Waals surface area (Å²) in [5.74, 6) is 4.33. The number of nitrogens with one attached hydrogen (secondary N) is 1. The number of anilines is 17. The van der Waals surface area contributed by atoms with Gasteiger partial charge in [-0.25, -0.2) is 39.0 Å². The minimum atomic E-state index is 0.138. The molecule has 7 aromatic heterocycles. The monoisotopic (exact) mass is 1580 g/mol. The average Bonchev–Trinajstić information content (AvgIpc) is 0.907. The molecule has 37 nitrogen and oxygen atoms in total. The van der Waals surface area contributed by atoms with Crippen molar-refractivity contribution in [2.45, 2.75) is 45.6 Å². The van der Waals surface area contributed by atoms with E-state index in [1.165, 1.54) is 0 Å². The largest absolute Gasteiger partial charge is 0.476 e. The van der Waals surface area contributed by atoms with E-state index in [0.717, 1.165) is 176 Å². The molecule has 2 unspecified atom stereocenters. The third-order valence-corrected chi connectivity index (χ3v) is 20.2. The zero-order chi connectivity index (χ0) is 83.1. The number of nitrogens with zero attached hydrogens (tertiary/aromatic N) is 17. The fourth-order valence-corrected chi connectivity index (χ4v) is 13.4. The summed E-state index contributed by atoms with van der Waals surface area (Å²) in [6.07, 6.45) is 16.9. The molecule has 4 fully saturated rings. The Labute approximate surface area is 668 Å². The summed E-state index contributed by atoms with van der Waals surface area (Å²) < 4.78 is 25.7. The predicted octanol–water partition coefficient (Wildman–Crippen LogP) is -0.372. The van der Waals surface area contributed by atoms with Gasteiger partial charge in [-0.05, 0) is 50.2 Å². The average molecular weight is 1580 g/mol.